The van der Waals surface area contributed by atoms with Gasteiger partial charge in [0.1, 0.15) is 23.7 Å². The minimum absolute atomic E-state index is 0.166. The number of carbonyl (C=O) groups is 1. The number of ketones is 1. The van der Waals surface area contributed by atoms with Gasteiger partial charge in [0.05, 0.1) is 5.25 Å². The van der Waals surface area contributed by atoms with Gasteiger partial charge < -0.3 is 15.0 Å². The Balaban J connectivity index is 1.76. The highest BCUT2D eigenvalue weighted by Gasteiger charge is 2.27. The van der Waals surface area contributed by atoms with Crippen LogP contribution in [-0.2, 0) is 27.7 Å². The Hall–Kier alpha value is -3.05. The van der Waals surface area contributed by atoms with Crippen molar-refractivity contribution in [1.29, 1.82) is 0 Å². The predicted octanol–water partition coefficient (Wildman–Crippen LogP) is 1.39. The largest absolute Gasteiger partial charge is 0.486 e. The van der Waals surface area contributed by atoms with Gasteiger partial charge in [-0.25, -0.2) is 4.79 Å². The molecule has 164 valence electrons. The number of thioether (sulfide) groups is 1. The Kier molecular flexibility index (Phi) is 6.56. The fraction of sp³-hybridized carbons (Fsp3) is 0.316. The summed E-state index contributed by atoms with van der Waals surface area (Å²) in [5.74, 6) is 0.516. The molecule has 1 aromatic carbocycles. The number of ether oxygens (including phenoxy) is 1. The lowest BCUT2D eigenvalue weighted by atomic mass is 10.1. The zero-order valence-electron chi connectivity index (χ0n) is 17.3. The monoisotopic (exact) mass is 464 g/mol. The molecule has 0 aliphatic carbocycles. The van der Waals surface area contributed by atoms with Gasteiger partial charge in [-0.1, -0.05) is 23.4 Å². The summed E-state index contributed by atoms with van der Waals surface area (Å²) < 4.78 is 9.31. The molecule has 2 N–H and O–H groups in total. The SMILES string of the molecule is CC(Sc1nnc(COc2ccc(Cl)cc2)n1C)C(=O)c1c(N)n(C)c(=O)n(C)c1=O. The van der Waals surface area contributed by atoms with E-state index in [2.05, 4.69) is 10.2 Å². The van der Waals surface area contributed by atoms with Crippen molar-refractivity contribution in [3.05, 3.63) is 61.5 Å². The Morgan fingerprint density at radius 3 is 2.42 bits per heavy atom. The minimum Gasteiger partial charge on any atom is -0.486 e. The summed E-state index contributed by atoms with van der Waals surface area (Å²) in [6.45, 7) is 1.80. The number of nitrogen functional groups attached to an aromatic ring is 1. The molecule has 3 rings (SSSR count). The third kappa shape index (κ3) is 4.52. The highest BCUT2D eigenvalue weighted by atomic mass is 35.5. The zero-order valence-corrected chi connectivity index (χ0v) is 18.9. The van der Waals surface area contributed by atoms with Crippen LogP contribution >= 0.6 is 23.4 Å². The lowest BCUT2D eigenvalue weighted by molar-refractivity contribution is 0.0992. The quantitative estimate of drug-likeness (QED) is 0.410. The van der Waals surface area contributed by atoms with E-state index in [-0.39, 0.29) is 18.0 Å². The first-order valence-electron chi connectivity index (χ1n) is 9.14. The number of nitrogens with two attached hydrogens (primary N) is 1. The van der Waals surface area contributed by atoms with Crippen LogP contribution in [0.15, 0.2) is 39.0 Å². The number of nitrogens with zero attached hydrogens (tertiary/aromatic N) is 5. The van der Waals surface area contributed by atoms with Crippen molar-refractivity contribution in [3.63, 3.8) is 0 Å². The van der Waals surface area contributed by atoms with E-state index in [1.807, 2.05) is 0 Å². The van der Waals surface area contributed by atoms with Crippen LogP contribution in [0, 0.1) is 0 Å². The fourth-order valence-corrected chi connectivity index (χ4v) is 3.78. The van der Waals surface area contributed by atoms with E-state index in [1.54, 1.807) is 42.8 Å². The van der Waals surface area contributed by atoms with Crippen LogP contribution in [0.4, 0.5) is 5.82 Å². The summed E-state index contributed by atoms with van der Waals surface area (Å²) in [7, 11) is 4.45. The van der Waals surface area contributed by atoms with Gasteiger partial charge in [-0.2, -0.15) is 0 Å². The van der Waals surface area contributed by atoms with Gasteiger partial charge in [0.2, 0.25) is 0 Å². The molecule has 2 heterocycles. The molecule has 1 atom stereocenters. The highest BCUT2D eigenvalue weighted by Crippen LogP contribution is 2.25. The van der Waals surface area contributed by atoms with Gasteiger partial charge in [-0.3, -0.25) is 18.7 Å². The van der Waals surface area contributed by atoms with Crippen LogP contribution in [-0.4, -0.2) is 34.9 Å². The average molecular weight is 465 g/mol. The standard InChI is InChI=1S/C19H21ClN6O4S/c1-10(15(27)14-16(21)25(3)19(29)26(4)17(14)28)31-18-23-22-13(24(18)2)9-30-12-7-5-11(20)6-8-12/h5-8,10H,9,21H2,1-4H3. The van der Waals surface area contributed by atoms with Gasteiger partial charge in [0.25, 0.3) is 5.56 Å². The Morgan fingerprint density at radius 1 is 1.13 bits per heavy atom. The molecule has 2 aromatic heterocycles. The molecule has 0 saturated heterocycles. The smallest absolute Gasteiger partial charge is 0.332 e. The third-order valence-electron chi connectivity index (χ3n) is 4.71. The van der Waals surface area contributed by atoms with Crippen molar-refractivity contribution in [2.45, 2.75) is 23.9 Å². The maximum atomic E-state index is 12.9. The van der Waals surface area contributed by atoms with E-state index >= 15 is 0 Å². The van der Waals surface area contributed by atoms with E-state index in [1.165, 1.54) is 14.1 Å². The van der Waals surface area contributed by atoms with E-state index in [9.17, 15) is 14.4 Å². The van der Waals surface area contributed by atoms with Crippen molar-refractivity contribution in [1.82, 2.24) is 23.9 Å². The molecule has 0 fully saturated rings. The summed E-state index contributed by atoms with van der Waals surface area (Å²) in [5, 5.41) is 8.59. The second kappa shape index (κ2) is 8.98. The molecule has 0 aliphatic rings. The van der Waals surface area contributed by atoms with Crippen molar-refractivity contribution in [3.8, 4) is 5.75 Å². The van der Waals surface area contributed by atoms with Crippen molar-refractivity contribution < 1.29 is 9.53 Å². The number of aromatic nitrogens is 5. The maximum absolute atomic E-state index is 12.9. The van der Waals surface area contributed by atoms with E-state index in [4.69, 9.17) is 22.1 Å². The molecule has 1 unspecified atom stereocenters. The Morgan fingerprint density at radius 2 is 1.77 bits per heavy atom. The number of hydrogen-bond acceptors (Lipinski definition) is 8. The summed E-state index contributed by atoms with van der Waals surface area (Å²) >= 11 is 6.99. The van der Waals surface area contributed by atoms with Crippen LogP contribution < -0.4 is 21.7 Å². The molecule has 10 nitrogen and oxygen atoms in total. The van der Waals surface area contributed by atoms with Crippen LogP contribution in [0.25, 0.3) is 0 Å². The molecule has 3 aromatic rings. The van der Waals surface area contributed by atoms with Crippen LogP contribution in [0.1, 0.15) is 23.1 Å². The first-order chi connectivity index (χ1) is 14.6. The first kappa shape index (κ1) is 22.6. The molecular formula is C19H21ClN6O4S. The number of Topliss-reactive ketones (excluding diaryl/α,β-unsaturated/α-hetero) is 1. The third-order valence-corrected chi connectivity index (χ3v) is 6.10. The van der Waals surface area contributed by atoms with Gasteiger partial charge in [-0.15, -0.1) is 10.2 Å². The lowest BCUT2D eigenvalue weighted by Gasteiger charge is -2.14. The summed E-state index contributed by atoms with van der Waals surface area (Å²) in [4.78, 5) is 37.4. The summed E-state index contributed by atoms with van der Waals surface area (Å²) in [6, 6.07) is 6.93. The van der Waals surface area contributed by atoms with Gasteiger partial charge in [0, 0.05) is 26.2 Å². The van der Waals surface area contributed by atoms with Gasteiger partial charge in [-0.05, 0) is 31.2 Å². The van der Waals surface area contributed by atoms with Crippen LogP contribution in [0.2, 0.25) is 5.02 Å². The van der Waals surface area contributed by atoms with Gasteiger partial charge in [0.15, 0.2) is 16.8 Å². The number of hydrogen-bond donors (Lipinski definition) is 1. The minimum atomic E-state index is -0.729. The maximum Gasteiger partial charge on any atom is 0.332 e. The molecule has 0 aliphatic heterocycles. The Bertz CT molecular complexity index is 1250. The lowest BCUT2D eigenvalue weighted by Crippen LogP contribution is -2.42. The molecule has 31 heavy (non-hydrogen) atoms. The summed E-state index contributed by atoms with van der Waals surface area (Å²) in [5.41, 5.74) is 4.33. The van der Waals surface area contributed by atoms with Crippen molar-refractivity contribution in [2.24, 2.45) is 21.1 Å². The molecule has 0 bridgehead atoms. The fourth-order valence-electron chi connectivity index (χ4n) is 2.76. The number of benzene rings is 1. The Labute approximate surface area is 186 Å². The molecule has 0 spiro atoms. The molecular weight excluding hydrogens is 444 g/mol. The molecule has 0 radical (unpaired) electrons. The second-order valence-electron chi connectivity index (χ2n) is 6.79. The van der Waals surface area contributed by atoms with Crippen molar-refractivity contribution >= 4 is 35.0 Å². The zero-order chi connectivity index (χ0) is 22.9. The number of rotatable bonds is 7. The topological polar surface area (TPSA) is 127 Å². The van der Waals surface area contributed by atoms with Crippen LogP contribution in [0.5, 0.6) is 5.75 Å². The van der Waals surface area contributed by atoms with E-state index in [0.717, 1.165) is 20.9 Å². The average Bonchev–Trinajstić information content (AvgIpc) is 3.09. The predicted molar refractivity (Wildman–Crippen MR) is 118 cm³/mol. The van der Waals surface area contributed by atoms with E-state index in [0.29, 0.717) is 21.8 Å². The molecule has 12 heteroatoms. The van der Waals surface area contributed by atoms with Gasteiger partial charge >= 0.3 is 5.69 Å². The number of anilines is 1. The molecule has 0 amide bonds. The normalized spacial score (nSPS) is 12.0. The number of halogens is 1. The number of carbonyl (C=O) groups excluding carboxylic acids is 1. The second-order valence-corrected chi connectivity index (χ2v) is 8.54. The first-order valence-corrected chi connectivity index (χ1v) is 10.4. The van der Waals surface area contributed by atoms with Crippen LogP contribution in [0.3, 0.4) is 0 Å². The summed E-state index contributed by atoms with van der Waals surface area (Å²) in [6.07, 6.45) is 0. The van der Waals surface area contributed by atoms with Crippen molar-refractivity contribution in [2.75, 3.05) is 5.73 Å². The highest BCUT2D eigenvalue weighted by molar-refractivity contribution is 8.00. The molecule has 0 saturated carbocycles. The van der Waals surface area contributed by atoms with E-state index < -0.39 is 22.3 Å².